The molecule has 0 spiro atoms. The van der Waals surface area contributed by atoms with E-state index in [1.54, 1.807) is 0 Å². The molecule has 0 aliphatic rings. The van der Waals surface area contributed by atoms with Crippen molar-refractivity contribution in [2.45, 2.75) is 315 Å². The summed E-state index contributed by atoms with van der Waals surface area (Å²) in [5.74, 6) is -0.473. The highest BCUT2D eigenvalue weighted by Gasteiger charge is 2.24. The lowest BCUT2D eigenvalue weighted by Gasteiger charge is -2.24. The van der Waals surface area contributed by atoms with Crippen LogP contribution in [0.4, 0.5) is 0 Å². The summed E-state index contributed by atoms with van der Waals surface area (Å²) in [7, 11) is 0. The molecule has 0 saturated heterocycles. The van der Waals surface area contributed by atoms with Crippen molar-refractivity contribution >= 4 is 11.9 Å². The highest BCUT2D eigenvalue weighted by atomic mass is 16.5. The normalized spacial score (nSPS) is 13.2. The van der Waals surface area contributed by atoms with Crippen LogP contribution in [0.1, 0.15) is 297 Å². The molecule has 3 atom stereocenters. The smallest absolute Gasteiger partial charge is 0.306 e. The Morgan fingerprint density at radius 3 is 1.20 bits per heavy atom. The molecule has 3 unspecified atom stereocenters. The maximum absolute atomic E-state index is 13.2. The highest BCUT2D eigenvalue weighted by molar-refractivity contribution is 5.77. The summed E-state index contributed by atoms with van der Waals surface area (Å²) in [6.45, 7) is 6.49. The monoisotopic (exact) mass is 848 g/mol. The molecule has 6 nitrogen and oxygen atoms in total. The number of carbonyl (C=O) groups is 2. The summed E-state index contributed by atoms with van der Waals surface area (Å²) < 4.78 is 5.92. The van der Waals surface area contributed by atoms with Crippen molar-refractivity contribution in [3.63, 3.8) is 0 Å². The zero-order chi connectivity index (χ0) is 43.8. The number of aliphatic hydroxyl groups excluding tert-OH is 2. The van der Waals surface area contributed by atoms with Gasteiger partial charge in [0.15, 0.2) is 0 Å². The molecule has 0 aliphatic carbocycles. The predicted molar refractivity (Wildman–Crippen MR) is 260 cm³/mol. The number of nitrogens with one attached hydrogen (secondary N) is 1. The molecule has 0 rings (SSSR count). The fourth-order valence-corrected chi connectivity index (χ4v) is 8.49. The average molecular weight is 848 g/mol. The number of esters is 1. The third kappa shape index (κ3) is 43.3. The Bertz CT molecular complexity index is 909. The lowest BCUT2D eigenvalue weighted by atomic mass is 10.0. The summed E-state index contributed by atoms with van der Waals surface area (Å²) in [6, 6.07) is -0.700. The Kier molecular flexibility index (Phi) is 47.5. The number of amides is 1. The van der Waals surface area contributed by atoms with Gasteiger partial charge in [0.1, 0.15) is 6.10 Å². The molecule has 0 aromatic carbocycles. The minimum atomic E-state index is -0.786. The van der Waals surface area contributed by atoms with Crippen molar-refractivity contribution < 1.29 is 24.5 Å². The first-order chi connectivity index (χ1) is 29.5. The van der Waals surface area contributed by atoms with Crippen LogP contribution in [-0.4, -0.2) is 46.9 Å². The fourth-order valence-electron chi connectivity index (χ4n) is 8.49. The fraction of sp³-hybridized carbons (Fsp3) is 0.926. The van der Waals surface area contributed by atoms with Crippen molar-refractivity contribution in [3.05, 3.63) is 12.2 Å². The van der Waals surface area contributed by atoms with E-state index in [0.29, 0.717) is 19.3 Å². The topological polar surface area (TPSA) is 95.9 Å². The van der Waals surface area contributed by atoms with Crippen molar-refractivity contribution in [1.29, 1.82) is 0 Å². The lowest BCUT2D eigenvalue weighted by Crippen LogP contribution is -2.46. The number of ether oxygens (including phenoxy) is 1. The molecule has 6 heteroatoms. The van der Waals surface area contributed by atoms with E-state index in [9.17, 15) is 19.8 Å². The van der Waals surface area contributed by atoms with E-state index in [-0.39, 0.29) is 24.9 Å². The minimum absolute atomic E-state index is 0.0739. The van der Waals surface area contributed by atoms with Gasteiger partial charge in [0.25, 0.3) is 0 Å². The average Bonchev–Trinajstić information content (AvgIpc) is 3.24. The molecule has 0 aromatic heterocycles. The van der Waals surface area contributed by atoms with Crippen LogP contribution in [0.3, 0.4) is 0 Å². The number of hydrogen-bond acceptors (Lipinski definition) is 5. The Labute approximate surface area is 374 Å². The Balaban J connectivity index is 4.47. The van der Waals surface area contributed by atoms with Crippen molar-refractivity contribution in [1.82, 2.24) is 5.32 Å². The van der Waals surface area contributed by atoms with Gasteiger partial charge in [-0.15, -0.1) is 0 Å². The standard InChI is InChI=1S/C54H105NO5/c1-4-7-10-13-16-19-22-24-26-27-28-30-32-34-37-40-43-46-52(57)51(49-56)55-53(58)48-50(60-54(59)47-44-41-38-35-21-18-15-12-9-6-3)45-42-39-36-33-31-29-25-23-20-17-14-11-8-5-2/h29,31,50-52,56-57H,4-28,30,32-49H2,1-3H3,(H,55,58)/b31-29+. The van der Waals surface area contributed by atoms with Gasteiger partial charge in [-0.1, -0.05) is 245 Å². The second-order valence-corrected chi connectivity index (χ2v) is 18.6. The van der Waals surface area contributed by atoms with Crippen LogP contribution >= 0.6 is 0 Å². The molecule has 0 aliphatic heterocycles. The van der Waals surface area contributed by atoms with Crippen molar-refractivity contribution in [2.75, 3.05) is 6.61 Å². The largest absolute Gasteiger partial charge is 0.462 e. The zero-order valence-corrected chi connectivity index (χ0v) is 40.6. The number of rotatable bonds is 49. The van der Waals surface area contributed by atoms with Gasteiger partial charge >= 0.3 is 5.97 Å². The number of hydrogen-bond donors (Lipinski definition) is 3. The van der Waals surface area contributed by atoms with E-state index in [4.69, 9.17) is 4.74 Å². The van der Waals surface area contributed by atoms with Gasteiger partial charge < -0.3 is 20.3 Å². The predicted octanol–water partition coefficient (Wildman–Crippen LogP) is 16.1. The van der Waals surface area contributed by atoms with Gasteiger partial charge in [-0.25, -0.2) is 0 Å². The number of unbranched alkanes of at least 4 members (excludes halogenated alkanes) is 35. The van der Waals surface area contributed by atoms with E-state index in [0.717, 1.165) is 57.8 Å². The number of allylic oxidation sites excluding steroid dienone is 2. The molecular weight excluding hydrogens is 743 g/mol. The van der Waals surface area contributed by atoms with Crippen molar-refractivity contribution in [2.24, 2.45) is 0 Å². The second kappa shape index (κ2) is 48.6. The first-order valence-electron chi connectivity index (χ1n) is 26.9. The molecule has 0 fully saturated rings. The van der Waals surface area contributed by atoms with Gasteiger partial charge in [-0.3, -0.25) is 9.59 Å². The van der Waals surface area contributed by atoms with Gasteiger partial charge in [0.05, 0.1) is 25.2 Å². The molecular formula is C54H105NO5. The maximum Gasteiger partial charge on any atom is 0.306 e. The number of carbonyl (C=O) groups excluding carboxylic acids is 2. The Hall–Kier alpha value is -1.40. The SMILES string of the molecule is CCCCCCCCC/C=C/CCCCCC(CC(=O)NC(CO)C(O)CCCCCCCCCCCCCCCCCCC)OC(=O)CCCCCCCCCCCC. The van der Waals surface area contributed by atoms with Crippen LogP contribution in [0.25, 0.3) is 0 Å². The Morgan fingerprint density at radius 1 is 0.467 bits per heavy atom. The quantitative estimate of drug-likeness (QED) is 0.0322. The molecule has 356 valence electrons. The summed E-state index contributed by atoms with van der Waals surface area (Å²) >= 11 is 0. The number of aliphatic hydroxyl groups is 2. The minimum Gasteiger partial charge on any atom is -0.462 e. The maximum atomic E-state index is 13.2. The summed E-state index contributed by atoms with van der Waals surface area (Å²) in [6.07, 6.45) is 54.2. The Morgan fingerprint density at radius 2 is 0.800 bits per heavy atom. The van der Waals surface area contributed by atoms with Crippen molar-refractivity contribution in [3.8, 4) is 0 Å². The molecule has 0 saturated carbocycles. The van der Waals surface area contributed by atoms with E-state index in [2.05, 4.69) is 38.2 Å². The van der Waals surface area contributed by atoms with E-state index < -0.39 is 18.2 Å². The highest BCUT2D eigenvalue weighted by Crippen LogP contribution is 2.18. The van der Waals surface area contributed by atoms with Gasteiger partial charge in [0.2, 0.25) is 5.91 Å². The second-order valence-electron chi connectivity index (χ2n) is 18.6. The molecule has 1 amide bonds. The van der Waals surface area contributed by atoms with Gasteiger partial charge in [0, 0.05) is 6.42 Å². The van der Waals surface area contributed by atoms with Crippen LogP contribution in [-0.2, 0) is 14.3 Å². The molecule has 0 aromatic rings. The molecule has 60 heavy (non-hydrogen) atoms. The van der Waals surface area contributed by atoms with Crippen LogP contribution in [0.15, 0.2) is 12.2 Å². The molecule has 0 heterocycles. The van der Waals surface area contributed by atoms with E-state index >= 15 is 0 Å². The third-order valence-electron chi connectivity index (χ3n) is 12.6. The van der Waals surface area contributed by atoms with E-state index in [1.165, 1.54) is 193 Å². The lowest BCUT2D eigenvalue weighted by molar-refractivity contribution is -0.151. The van der Waals surface area contributed by atoms with Crippen LogP contribution < -0.4 is 5.32 Å². The molecule has 3 N–H and O–H groups in total. The molecule has 0 bridgehead atoms. The first-order valence-corrected chi connectivity index (χ1v) is 26.9. The molecule has 0 radical (unpaired) electrons. The van der Waals surface area contributed by atoms with Gasteiger partial charge in [-0.05, 0) is 51.4 Å². The summed E-state index contributed by atoms with van der Waals surface area (Å²) in [5, 5.41) is 23.8. The van der Waals surface area contributed by atoms with Crippen LogP contribution in [0.2, 0.25) is 0 Å². The van der Waals surface area contributed by atoms with Crippen LogP contribution in [0, 0.1) is 0 Å². The van der Waals surface area contributed by atoms with Crippen LogP contribution in [0.5, 0.6) is 0 Å². The van der Waals surface area contributed by atoms with E-state index in [1.807, 2.05) is 0 Å². The summed E-state index contributed by atoms with van der Waals surface area (Å²) in [4.78, 5) is 26.1. The van der Waals surface area contributed by atoms with Gasteiger partial charge in [-0.2, -0.15) is 0 Å². The zero-order valence-electron chi connectivity index (χ0n) is 40.6. The first kappa shape index (κ1) is 58.6. The third-order valence-corrected chi connectivity index (χ3v) is 12.6. The summed E-state index contributed by atoms with van der Waals surface area (Å²) in [5.41, 5.74) is 0.